The summed E-state index contributed by atoms with van der Waals surface area (Å²) in [5.41, 5.74) is 2.88. The van der Waals surface area contributed by atoms with Gasteiger partial charge in [-0.2, -0.15) is 0 Å². The van der Waals surface area contributed by atoms with Crippen LogP contribution in [-0.2, 0) is 0 Å². The normalized spacial score (nSPS) is 10.6. The van der Waals surface area contributed by atoms with E-state index in [1.165, 1.54) is 20.3 Å². The van der Waals surface area contributed by atoms with Gasteiger partial charge in [-0.3, -0.25) is 9.78 Å². The second kappa shape index (κ2) is 8.77. The first kappa shape index (κ1) is 20.9. The number of methoxy groups -OCH3 is 2. The molecule has 0 radical (unpaired) electrons. The maximum Gasteiger partial charge on any atom is 0.339 e. The number of anilines is 1. The average molecular weight is 428 g/mol. The van der Waals surface area contributed by atoms with Crippen molar-refractivity contribution in [1.82, 2.24) is 4.98 Å². The third-order valence-corrected chi connectivity index (χ3v) is 5.09. The van der Waals surface area contributed by atoms with E-state index < -0.39 is 5.97 Å². The summed E-state index contributed by atoms with van der Waals surface area (Å²) in [5.74, 6) is -0.912. The third kappa shape index (κ3) is 3.72. The summed E-state index contributed by atoms with van der Waals surface area (Å²) in [6.07, 6.45) is 1.57. The van der Waals surface area contributed by atoms with E-state index >= 15 is 0 Å². The van der Waals surface area contributed by atoms with Crippen molar-refractivity contribution >= 4 is 28.5 Å². The van der Waals surface area contributed by atoms with Crippen LogP contribution in [0.4, 0.5) is 5.69 Å². The molecule has 4 aromatic rings. The van der Waals surface area contributed by atoms with Gasteiger partial charge >= 0.3 is 5.97 Å². The Morgan fingerprint density at radius 2 is 1.62 bits per heavy atom. The van der Waals surface area contributed by atoms with Crippen molar-refractivity contribution in [2.24, 2.45) is 0 Å². The van der Waals surface area contributed by atoms with Gasteiger partial charge in [0.1, 0.15) is 16.8 Å². The van der Waals surface area contributed by atoms with Crippen molar-refractivity contribution in [1.29, 1.82) is 0 Å². The maximum absolute atomic E-state index is 12.8. The van der Waals surface area contributed by atoms with Crippen LogP contribution < -0.4 is 14.8 Å². The van der Waals surface area contributed by atoms with Crippen LogP contribution in [0.2, 0.25) is 0 Å². The number of hydrogen-bond donors (Lipinski definition) is 2. The third-order valence-electron chi connectivity index (χ3n) is 5.09. The number of nitrogens with one attached hydrogen (secondary N) is 1. The molecule has 0 bridgehead atoms. The number of fused-ring (bicyclic) bond motifs is 1. The highest BCUT2D eigenvalue weighted by Crippen LogP contribution is 2.42. The number of rotatable bonds is 6. The van der Waals surface area contributed by atoms with E-state index in [-0.39, 0.29) is 17.2 Å². The number of hydrogen-bond acceptors (Lipinski definition) is 5. The largest absolute Gasteiger partial charge is 0.496 e. The zero-order valence-electron chi connectivity index (χ0n) is 17.5. The van der Waals surface area contributed by atoms with Crippen molar-refractivity contribution in [2.75, 3.05) is 19.5 Å². The van der Waals surface area contributed by atoms with Crippen molar-refractivity contribution in [3.05, 3.63) is 84.1 Å². The van der Waals surface area contributed by atoms with Gasteiger partial charge in [0.2, 0.25) is 0 Å². The summed E-state index contributed by atoms with van der Waals surface area (Å²) in [4.78, 5) is 28.9. The van der Waals surface area contributed by atoms with Gasteiger partial charge in [-0.15, -0.1) is 0 Å². The fourth-order valence-electron chi connectivity index (χ4n) is 3.64. The van der Waals surface area contributed by atoms with Crippen LogP contribution in [-0.4, -0.2) is 36.2 Å². The van der Waals surface area contributed by atoms with Crippen LogP contribution in [0.1, 0.15) is 20.7 Å². The number of nitrogens with zero attached hydrogens (tertiary/aromatic N) is 1. The molecule has 4 rings (SSSR count). The summed E-state index contributed by atoms with van der Waals surface area (Å²) in [5, 5.41) is 13.1. The molecule has 1 heterocycles. The van der Waals surface area contributed by atoms with E-state index in [1.807, 2.05) is 24.3 Å². The van der Waals surface area contributed by atoms with Gasteiger partial charge in [0.05, 0.1) is 19.6 Å². The Kier molecular flexibility index (Phi) is 5.72. The van der Waals surface area contributed by atoms with E-state index in [9.17, 15) is 14.7 Å². The first-order valence-corrected chi connectivity index (χ1v) is 9.78. The lowest BCUT2D eigenvalue weighted by Gasteiger charge is -2.17. The predicted octanol–water partition coefficient (Wildman–Crippen LogP) is 4.87. The minimum atomic E-state index is -1.15. The number of amides is 1. The quantitative estimate of drug-likeness (QED) is 0.455. The summed E-state index contributed by atoms with van der Waals surface area (Å²) in [6, 6.07) is 19.5. The van der Waals surface area contributed by atoms with Gasteiger partial charge in [0, 0.05) is 23.0 Å². The lowest BCUT2D eigenvalue weighted by molar-refractivity contribution is 0.0693. The SMILES string of the molecule is COc1c(C(=O)O)cc(OC)c2c(-c3ccccc3NC(=O)c3ccccc3)ccnc12. The van der Waals surface area contributed by atoms with Gasteiger partial charge < -0.3 is 19.9 Å². The topological polar surface area (TPSA) is 97.8 Å². The molecule has 0 aliphatic heterocycles. The number of benzene rings is 3. The molecule has 2 N–H and O–H groups in total. The second-order valence-electron chi connectivity index (χ2n) is 6.91. The van der Waals surface area contributed by atoms with Crippen LogP contribution in [0.5, 0.6) is 11.5 Å². The summed E-state index contributed by atoms with van der Waals surface area (Å²) in [7, 11) is 2.86. The Balaban J connectivity index is 1.92. The van der Waals surface area contributed by atoms with E-state index in [4.69, 9.17) is 9.47 Å². The Morgan fingerprint density at radius 3 is 2.31 bits per heavy atom. The molecule has 1 aromatic heterocycles. The number of aromatic nitrogens is 1. The molecule has 0 saturated heterocycles. The minimum absolute atomic E-state index is 0.0489. The Hall–Kier alpha value is -4.39. The zero-order valence-corrected chi connectivity index (χ0v) is 17.5. The Bertz CT molecular complexity index is 1320. The minimum Gasteiger partial charge on any atom is -0.496 e. The molecular weight excluding hydrogens is 408 g/mol. The average Bonchev–Trinajstić information content (AvgIpc) is 2.83. The molecule has 3 aromatic carbocycles. The van der Waals surface area contributed by atoms with Gasteiger partial charge in [0.25, 0.3) is 5.91 Å². The monoisotopic (exact) mass is 428 g/mol. The fourth-order valence-corrected chi connectivity index (χ4v) is 3.64. The van der Waals surface area contributed by atoms with Crippen LogP contribution in [0.25, 0.3) is 22.0 Å². The number of carbonyl (C=O) groups is 2. The molecule has 0 aliphatic carbocycles. The molecule has 1 amide bonds. The molecule has 0 atom stereocenters. The van der Waals surface area contributed by atoms with Crippen molar-refractivity contribution in [3.63, 3.8) is 0 Å². The molecule has 7 heteroatoms. The molecule has 0 aliphatic rings. The maximum atomic E-state index is 12.8. The number of ether oxygens (including phenoxy) is 2. The first-order valence-electron chi connectivity index (χ1n) is 9.78. The highest BCUT2D eigenvalue weighted by Gasteiger charge is 2.23. The second-order valence-corrected chi connectivity index (χ2v) is 6.91. The predicted molar refractivity (Wildman–Crippen MR) is 122 cm³/mol. The first-order chi connectivity index (χ1) is 15.5. The number of carboxylic acids is 1. The number of para-hydroxylation sites is 1. The smallest absolute Gasteiger partial charge is 0.339 e. The summed E-state index contributed by atoms with van der Waals surface area (Å²) < 4.78 is 10.9. The molecule has 0 fully saturated rings. The lowest BCUT2D eigenvalue weighted by atomic mass is 9.97. The molecule has 7 nitrogen and oxygen atoms in total. The Morgan fingerprint density at radius 1 is 0.906 bits per heavy atom. The van der Waals surface area contributed by atoms with E-state index in [0.29, 0.717) is 33.5 Å². The van der Waals surface area contributed by atoms with Crippen molar-refractivity contribution in [3.8, 4) is 22.6 Å². The summed E-state index contributed by atoms with van der Waals surface area (Å²) >= 11 is 0. The lowest BCUT2D eigenvalue weighted by Crippen LogP contribution is -2.12. The van der Waals surface area contributed by atoms with Gasteiger partial charge in [-0.05, 0) is 35.9 Å². The molecule has 0 spiro atoms. The zero-order chi connectivity index (χ0) is 22.7. The number of aromatic carboxylic acids is 1. The van der Waals surface area contributed by atoms with Crippen LogP contribution in [0.15, 0.2) is 72.9 Å². The fraction of sp³-hybridized carbons (Fsp3) is 0.0800. The van der Waals surface area contributed by atoms with Crippen LogP contribution in [0.3, 0.4) is 0 Å². The van der Waals surface area contributed by atoms with E-state index in [0.717, 1.165) is 5.56 Å². The van der Waals surface area contributed by atoms with Crippen molar-refractivity contribution in [2.45, 2.75) is 0 Å². The molecular formula is C25H20N2O5. The molecule has 32 heavy (non-hydrogen) atoms. The molecule has 0 saturated carbocycles. The Labute approximate surface area is 184 Å². The van der Waals surface area contributed by atoms with E-state index in [2.05, 4.69) is 10.3 Å². The van der Waals surface area contributed by atoms with E-state index in [1.54, 1.807) is 42.6 Å². The number of pyridine rings is 1. The summed E-state index contributed by atoms with van der Waals surface area (Å²) in [6.45, 7) is 0. The van der Waals surface area contributed by atoms with Crippen molar-refractivity contribution < 1.29 is 24.2 Å². The number of carboxylic acid groups (broad SMARTS) is 1. The standard InChI is InChI=1S/C25H20N2O5/c1-31-20-14-18(25(29)30)23(32-2)22-21(20)17(12-13-26-22)16-10-6-7-11-19(16)27-24(28)15-8-4-3-5-9-15/h3-14H,1-2H3,(H,27,28)(H,29,30). The van der Waals surface area contributed by atoms with Crippen LogP contribution in [0, 0.1) is 0 Å². The highest BCUT2D eigenvalue weighted by molar-refractivity contribution is 6.11. The number of carbonyl (C=O) groups excluding carboxylic acids is 1. The molecule has 0 unspecified atom stereocenters. The van der Waals surface area contributed by atoms with Gasteiger partial charge in [-0.25, -0.2) is 4.79 Å². The van der Waals surface area contributed by atoms with Gasteiger partial charge in [-0.1, -0.05) is 36.4 Å². The van der Waals surface area contributed by atoms with Crippen LogP contribution >= 0.6 is 0 Å². The van der Waals surface area contributed by atoms with Gasteiger partial charge in [0.15, 0.2) is 5.75 Å². The highest BCUT2D eigenvalue weighted by atomic mass is 16.5. The molecule has 160 valence electrons.